The third kappa shape index (κ3) is 5.94. The van der Waals surface area contributed by atoms with Gasteiger partial charge >= 0.3 is 0 Å². The van der Waals surface area contributed by atoms with Crippen LogP contribution in [0.1, 0.15) is 22.3 Å². The minimum absolute atomic E-state index is 0.365. The first-order chi connectivity index (χ1) is 33.7. The van der Waals surface area contributed by atoms with Crippen molar-refractivity contribution in [3.05, 3.63) is 259 Å². The van der Waals surface area contributed by atoms with Crippen molar-refractivity contribution in [2.75, 3.05) is 0 Å². The lowest BCUT2D eigenvalue weighted by Gasteiger charge is -2.30. The predicted octanol–water partition coefficient (Wildman–Crippen LogP) is 16.6. The van der Waals surface area contributed by atoms with Gasteiger partial charge in [-0.2, -0.15) is 0 Å². The summed E-state index contributed by atoms with van der Waals surface area (Å²) in [7, 11) is 0. The molecule has 0 radical (unpaired) electrons. The van der Waals surface area contributed by atoms with E-state index in [1.165, 1.54) is 75.8 Å². The first-order valence-corrected chi connectivity index (χ1v) is 24.0. The molecule has 2 aliphatic rings. The molecule has 0 saturated heterocycles. The molecular formula is C64H39N3S. The minimum atomic E-state index is -0.365. The standard InChI is InChI=1S/C64H39N3S/c1-2-13-40(14-3-1)45-15-12-16-47(37-45)62-65-61(66-63(67-62)48-34-36-54-53-20-7-11-24-59(53)68-60(54)39-48)44-31-29-42(30-32-44)41-25-27-43(28-26-41)46-33-35-52-51-19-6-10-23-57(51)64(58(52)38-46)55-21-8-4-17-49(55)50-18-5-9-22-56(50)64/h1-39H. The fourth-order valence-corrected chi connectivity index (χ4v) is 12.2. The number of aromatic nitrogens is 3. The Bertz CT molecular complexity index is 3900. The van der Waals surface area contributed by atoms with Crippen LogP contribution in [-0.2, 0) is 5.41 Å². The first kappa shape index (κ1) is 38.7. The zero-order valence-electron chi connectivity index (χ0n) is 36.8. The zero-order valence-corrected chi connectivity index (χ0v) is 37.6. The molecule has 4 heteroatoms. The van der Waals surface area contributed by atoms with Crippen LogP contribution in [0.3, 0.4) is 0 Å². The number of benzene rings is 10. The van der Waals surface area contributed by atoms with Crippen LogP contribution in [0.4, 0.5) is 0 Å². The number of hydrogen-bond acceptors (Lipinski definition) is 4. The van der Waals surface area contributed by atoms with Gasteiger partial charge in [-0.3, -0.25) is 0 Å². The van der Waals surface area contributed by atoms with Crippen LogP contribution in [0.5, 0.6) is 0 Å². The molecule has 0 saturated carbocycles. The smallest absolute Gasteiger partial charge is 0.164 e. The molecule has 3 nitrogen and oxygen atoms in total. The maximum Gasteiger partial charge on any atom is 0.164 e. The molecule has 0 N–H and O–H groups in total. The highest BCUT2D eigenvalue weighted by Gasteiger charge is 2.51. The van der Waals surface area contributed by atoms with Gasteiger partial charge in [0.2, 0.25) is 0 Å². The Hall–Kier alpha value is -8.57. The third-order valence-electron chi connectivity index (χ3n) is 14.2. The Morgan fingerprint density at radius 2 is 0.662 bits per heavy atom. The average Bonchev–Trinajstić information content (AvgIpc) is 4.05. The maximum absolute atomic E-state index is 5.16. The van der Waals surface area contributed by atoms with E-state index in [4.69, 9.17) is 15.0 Å². The van der Waals surface area contributed by atoms with E-state index in [2.05, 4.69) is 231 Å². The summed E-state index contributed by atoms with van der Waals surface area (Å²) in [5.41, 5.74) is 20.1. The Kier molecular flexibility index (Phi) is 8.67. The van der Waals surface area contributed by atoms with Crippen molar-refractivity contribution in [2.45, 2.75) is 5.41 Å². The molecule has 2 aromatic heterocycles. The van der Waals surface area contributed by atoms with Gasteiger partial charge in [-0.25, -0.2) is 15.0 Å². The lowest BCUT2D eigenvalue weighted by atomic mass is 9.70. The second-order valence-electron chi connectivity index (χ2n) is 17.9. The molecule has 1 spiro atoms. The third-order valence-corrected chi connectivity index (χ3v) is 15.3. The molecule has 0 amide bonds. The van der Waals surface area contributed by atoms with Crippen LogP contribution in [0.2, 0.25) is 0 Å². The van der Waals surface area contributed by atoms with E-state index in [1.807, 2.05) is 6.07 Å². The van der Waals surface area contributed by atoms with E-state index in [-0.39, 0.29) is 5.41 Å². The molecule has 14 rings (SSSR count). The van der Waals surface area contributed by atoms with Gasteiger partial charge in [0.05, 0.1) is 5.41 Å². The van der Waals surface area contributed by atoms with Gasteiger partial charge in [-0.05, 0) is 102 Å². The fourth-order valence-electron chi connectivity index (χ4n) is 11.0. The number of hydrogen-bond donors (Lipinski definition) is 0. The Morgan fingerprint density at radius 3 is 1.31 bits per heavy atom. The highest BCUT2D eigenvalue weighted by Crippen LogP contribution is 2.63. The topological polar surface area (TPSA) is 38.7 Å². The normalized spacial score (nSPS) is 12.8. The van der Waals surface area contributed by atoms with E-state index in [1.54, 1.807) is 11.3 Å². The molecule has 316 valence electrons. The fraction of sp³-hybridized carbons (Fsp3) is 0.0156. The van der Waals surface area contributed by atoms with Crippen LogP contribution >= 0.6 is 11.3 Å². The quantitative estimate of drug-likeness (QED) is 0.167. The molecule has 12 aromatic rings. The van der Waals surface area contributed by atoms with E-state index in [9.17, 15) is 0 Å². The van der Waals surface area contributed by atoms with Gasteiger partial charge < -0.3 is 0 Å². The van der Waals surface area contributed by atoms with Crippen LogP contribution in [0, 0.1) is 0 Å². The summed E-state index contributed by atoms with van der Waals surface area (Å²) >= 11 is 1.80. The molecule has 0 fully saturated rings. The monoisotopic (exact) mass is 881 g/mol. The van der Waals surface area contributed by atoms with Gasteiger partial charge in [0.25, 0.3) is 0 Å². The summed E-state index contributed by atoms with van der Waals surface area (Å²) < 4.78 is 2.48. The molecule has 10 aromatic carbocycles. The largest absolute Gasteiger partial charge is 0.208 e. The Morgan fingerprint density at radius 1 is 0.250 bits per heavy atom. The van der Waals surface area contributed by atoms with Crippen molar-refractivity contribution >= 4 is 31.5 Å². The molecule has 0 atom stereocenters. The molecule has 68 heavy (non-hydrogen) atoms. The van der Waals surface area contributed by atoms with Crippen molar-refractivity contribution in [3.63, 3.8) is 0 Å². The van der Waals surface area contributed by atoms with Crippen molar-refractivity contribution in [1.29, 1.82) is 0 Å². The summed E-state index contributed by atoms with van der Waals surface area (Å²) in [6.45, 7) is 0. The summed E-state index contributed by atoms with van der Waals surface area (Å²) in [5.74, 6) is 1.93. The Labute approximate surface area is 398 Å². The van der Waals surface area contributed by atoms with Gasteiger partial charge in [0, 0.05) is 36.9 Å². The summed E-state index contributed by atoms with van der Waals surface area (Å²) in [4.78, 5) is 15.5. The lowest BCUT2D eigenvalue weighted by Crippen LogP contribution is -2.25. The zero-order chi connectivity index (χ0) is 44.8. The minimum Gasteiger partial charge on any atom is -0.208 e. The second-order valence-corrected chi connectivity index (χ2v) is 18.9. The van der Waals surface area contributed by atoms with Crippen molar-refractivity contribution in [3.8, 4) is 89.8 Å². The Balaban J connectivity index is 0.818. The summed E-state index contributed by atoms with van der Waals surface area (Å²) in [5, 5.41) is 2.52. The molecule has 2 aliphatic carbocycles. The average molecular weight is 882 g/mol. The molecule has 0 unspecified atom stereocenters. The van der Waals surface area contributed by atoms with Gasteiger partial charge in [0.15, 0.2) is 17.5 Å². The van der Waals surface area contributed by atoms with Crippen LogP contribution in [0.25, 0.3) is 110 Å². The summed E-state index contributed by atoms with van der Waals surface area (Å²) in [6.07, 6.45) is 0. The highest BCUT2D eigenvalue weighted by atomic mass is 32.1. The number of thiophene rings is 1. The van der Waals surface area contributed by atoms with E-state index in [0.29, 0.717) is 17.5 Å². The van der Waals surface area contributed by atoms with Crippen LogP contribution in [0.15, 0.2) is 237 Å². The van der Waals surface area contributed by atoms with E-state index in [0.717, 1.165) is 38.9 Å². The summed E-state index contributed by atoms with van der Waals surface area (Å²) in [6, 6.07) is 85.8. The molecule has 2 heterocycles. The maximum atomic E-state index is 5.16. The molecular weight excluding hydrogens is 843 g/mol. The van der Waals surface area contributed by atoms with Crippen molar-refractivity contribution in [1.82, 2.24) is 15.0 Å². The van der Waals surface area contributed by atoms with Gasteiger partial charge in [0.1, 0.15) is 0 Å². The lowest BCUT2D eigenvalue weighted by molar-refractivity contribution is 0.794. The molecule has 0 bridgehead atoms. The van der Waals surface area contributed by atoms with Gasteiger partial charge in [-0.15, -0.1) is 11.3 Å². The number of rotatable bonds is 6. The first-order valence-electron chi connectivity index (χ1n) is 23.2. The van der Waals surface area contributed by atoms with Crippen molar-refractivity contribution in [2.24, 2.45) is 0 Å². The predicted molar refractivity (Wildman–Crippen MR) is 282 cm³/mol. The highest BCUT2D eigenvalue weighted by molar-refractivity contribution is 7.25. The van der Waals surface area contributed by atoms with Crippen molar-refractivity contribution < 1.29 is 0 Å². The van der Waals surface area contributed by atoms with Crippen LogP contribution < -0.4 is 0 Å². The second kappa shape index (κ2) is 15.2. The SMILES string of the molecule is c1ccc(-c2cccc(-c3nc(-c4ccc(-c5ccc(-c6ccc7c(c6)C6(c8ccccc8-c8ccccc86)c6ccccc6-7)cc5)cc4)nc(-c4ccc5c(c4)sc4ccccc45)n3)c2)cc1. The van der Waals surface area contributed by atoms with E-state index >= 15 is 0 Å². The molecule has 0 aliphatic heterocycles. The number of fused-ring (bicyclic) bond motifs is 13. The van der Waals surface area contributed by atoms with E-state index < -0.39 is 0 Å². The van der Waals surface area contributed by atoms with Gasteiger partial charge in [-0.1, -0.05) is 212 Å². The van der Waals surface area contributed by atoms with Crippen LogP contribution in [-0.4, -0.2) is 15.0 Å². The number of nitrogens with zero attached hydrogens (tertiary/aromatic N) is 3.